The number of rotatable bonds is 8. The highest BCUT2D eigenvalue weighted by molar-refractivity contribution is 7.98. The van der Waals surface area contributed by atoms with Crippen molar-refractivity contribution in [3.63, 3.8) is 0 Å². The largest absolute Gasteiger partial charge is 0.459 e. The molecule has 1 rings (SSSR count). The van der Waals surface area contributed by atoms with Gasteiger partial charge in [0.15, 0.2) is 5.11 Å². The molecule has 0 unspecified atom stereocenters. The number of halogens is 2. The highest BCUT2D eigenvalue weighted by atomic mass is 32.2. The second kappa shape index (κ2) is 9.69. The lowest BCUT2D eigenvalue weighted by molar-refractivity contribution is 0.179. The summed E-state index contributed by atoms with van der Waals surface area (Å²) in [7, 11) is 1.60. The van der Waals surface area contributed by atoms with Crippen LogP contribution in [0.5, 0.6) is 0 Å². The Balaban J connectivity index is 2.34. The number of hydrogen-bond acceptors (Lipinski definition) is 5. The van der Waals surface area contributed by atoms with E-state index in [1.165, 1.54) is 6.21 Å². The fourth-order valence-electron chi connectivity index (χ4n) is 1.39. The first-order valence-corrected chi connectivity index (χ1v) is 7.54. The van der Waals surface area contributed by atoms with Gasteiger partial charge in [-0.25, -0.2) is 0 Å². The number of nitrogens with one attached hydrogen (secondary N) is 2. The summed E-state index contributed by atoms with van der Waals surface area (Å²) < 4.78 is 34.3. The quantitative estimate of drug-likeness (QED) is 0.432. The van der Waals surface area contributed by atoms with Crippen molar-refractivity contribution < 1.29 is 17.9 Å². The van der Waals surface area contributed by atoms with Crippen molar-refractivity contribution >= 4 is 35.3 Å². The first-order valence-electron chi connectivity index (χ1n) is 6.08. The smallest absolute Gasteiger partial charge is 0.284 e. The minimum atomic E-state index is -2.41. The SMILES string of the molecule is COC[C@H](C)NC(=S)N/N=C\c1ccc(CSC(F)F)o1. The standard InChI is InChI=1S/C12H17F2N3O2S2/c1-8(6-18-2)16-12(20)17-15-5-9-3-4-10(19-9)7-21-11(13)14/h3-5,8,11H,6-7H2,1-2H3,(H2,16,17,20)/b15-5-/t8-/m0/s1. The molecule has 9 heteroatoms. The summed E-state index contributed by atoms with van der Waals surface area (Å²) >= 11 is 5.53. The zero-order chi connectivity index (χ0) is 15.7. The van der Waals surface area contributed by atoms with Crippen LogP contribution in [0.3, 0.4) is 0 Å². The van der Waals surface area contributed by atoms with E-state index in [1.807, 2.05) is 6.92 Å². The fourth-order valence-corrected chi connectivity index (χ4v) is 2.09. The molecule has 1 heterocycles. The molecular formula is C12H17F2N3O2S2. The van der Waals surface area contributed by atoms with Gasteiger partial charge >= 0.3 is 0 Å². The fraction of sp³-hybridized carbons (Fsp3) is 0.500. The van der Waals surface area contributed by atoms with Crippen LogP contribution in [0.15, 0.2) is 21.7 Å². The molecule has 21 heavy (non-hydrogen) atoms. The van der Waals surface area contributed by atoms with E-state index in [1.54, 1.807) is 19.2 Å². The monoisotopic (exact) mass is 337 g/mol. The van der Waals surface area contributed by atoms with Gasteiger partial charge in [-0.1, -0.05) is 11.8 Å². The van der Waals surface area contributed by atoms with E-state index in [0.717, 1.165) is 0 Å². The number of nitrogens with zero attached hydrogens (tertiary/aromatic N) is 1. The third-order valence-corrected chi connectivity index (χ3v) is 3.10. The first kappa shape index (κ1) is 17.9. The Bertz CT molecular complexity index is 469. The zero-order valence-electron chi connectivity index (χ0n) is 11.6. The Morgan fingerprint density at radius 3 is 3.00 bits per heavy atom. The number of thioether (sulfide) groups is 1. The molecule has 0 saturated carbocycles. The Morgan fingerprint density at radius 2 is 2.33 bits per heavy atom. The summed E-state index contributed by atoms with van der Waals surface area (Å²) in [5.74, 6) is -1.37. The molecule has 0 fully saturated rings. The summed E-state index contributed by atoms with van der Waals surface area (Å²) in [5, 5.41) is 7.22. The van der Waals surface area contributed by atoms with E-state index in [2.05, 4.69) is 15.8 Å². The first-order chi connectivity index (χ1) is 10.0. The van der Waals surface area contributed by atoms with Crippen LogP contribution in [0.2, 0.25) is 0 Å². The Kier molecular flexibility index (Phi) is 8.24. The van der Waals surface area contributed by atoms with Crippen LogP contribution in [-0.4, -0.2) is 36.8 Å². The Morgan fingerprint density at radius 1 is 1.57 bits per heavy atom. The van der Waals surface area contributed by atoms with Crippen LogP contribution in [0.1, 0.15) is 18.4 Å². The lowest BCUT2D eigenvalue weighted by atomic mass is 10.4. The number of ether oxygens (including phenoxy) is 1. The number of furan rings is 1. The number of hydrazone groups is 1. The molecule has 1 aromatic heterocycles. The van der Waals surface area contributed by atoms with Gasteiger partial charge in [0.1, 0.15) is 11.5 Å². The zero-order valence-corrected chi connectivity index (χ0v) is 13.3. The predicted octanol–water partition coefficient (Wildman–Crippen LogP) is 2.57. The van der Waals surface area contributed by atoms with Crippen molar-refractivity contribution in [2.45, 2.75) is 24.5 Å². The third kappa shape index (κ3) is 7.98. The molecule has 0 spiro atoms. The van der Waals surface area contributed by atoms with E-state index in [0.29, 0.717) is 35.0 Å². The van der Waals surface area contributed by atoms with Gasteiger partial charge in [-0.3, -0.25) is 5.43 Å². The second-order valence-electron chi connectivity index (χ2n) is 4.08. The van der Waals surface area contributed by atoms with Crippen LogP contribution >= 0.6 is 24.0 Å². The molecule has 0 aliphatic rings. The lowest BCUT2D eigenvalue weighted by Crippen LogP contribution is -2.40. The summed E-state index contributed by atoms with van der Waals surface area (Å²) in [6, 6.07) is 3.34. The molecule has 0 aromatic carbocycles. The lowest BCUT2D eigenvalue weighted by Gasteiger charge is -2.13. The summed E-state index contributed by atoms with van der Waals surface area (Å²) in [6.07, 6.45) is 1.42. The van der Waals surface area contributed by atoms with Crippen molar-refractivity contribution in [2.24, 2.45) is 5.10 Å². The van der Waals surface area contributed by atoms with Crippen molar-refractivity contribution in [2.75, 3.05) is 13.7 Å². The van der Waals surface area contributed by atoms with Crippen LogP contribution in [0.25, 0.3) is 0 Å². The summed E-state index contributed by atoms with van der Waals surface area (Å²) in [4.78, 5) is 0. The van der Waals surface area contributed by atoms with Gasteiger partial charge < -0.3 is 14.5 Å². The Hall–Kier alpha value is -1.19. The average molecular weight is 337 g/mol. The normalized spacial score (nSPS) is 12.8. The molecule has 0 saturated heterocycles. The highest BCUT2D eigenvalue weighted by Gasteiger charge is 2.06. The maximum Gasteiger partial charge on any atom is 0.284 e. The number of hydrogen-bond donors (Lipinski definition) is 2. The molecule has 2 N–H and O–H groups in total. The second-order valence-corrected chi connectivity index (χ2v) is 5.46. The number of thiocarbonyl (C=S) groups is 1. The summed E-state index contributed by atoms with van der Waals surface area (Å²) in [5.41, 5.74) is 2.63. The highest BCUT2D eigenvalue weighted by Crippen LogP contribution is 2.20. The van der Waals surface area contributed by atoms with Crippen LogP contribution < -0.4 is 10.7 Å². The van der Waals surface area contributed by atoms with E-state index < -0.39 is 5.76 Å². The van der Waals surface area contributed by atoms with Gasteiger partial charge in [0, 0.05) is 13.2 Å². The molecule has 5 nitrogen and oxygen atoms in total. The topological polar surface area (TPSA) is 58.8 Å². The Labute approximate surface area is 131 Å². The molecule has 1 atom stereocenters. The van der Waals surface area contributed by atoms with Gasteiger partial charge in [-0.2, -0.15) is 13.9 Å². The molecule has 0 bridgehead atoms. The molecule has 0 radical (unpaired) electrons. The molecule has 0 aliphatic carbocycles. The molecule has 118 valence electrons. The van der Waals surface area contributed by atoms with Gasteiger partial charge in [0.05, 0.1) is 18.6 Å². The maximum absolute atomic E-state index is 12.0. The summed E-state index contributed by atoms with van der Waals surface area (Å²) in [6.45, 7) is 2.44. The minimum Gasteiger partial charge on any atom is -0.459 e. The van der Waals surface area contributed by atoms with Crippen molar-refractivity contribution in [1.29, 1.82) is 0 Å². The van der Waals surface area contributed by atoms with Crippen molar-refractivity contribution in [1.82, 2.24) is 10.7 Å². The number of methoxy groups -OCH3 is 1. The average Bonchev–Trinajstić information content (AvgIpc) is 2.84. The maximum atomic E-state index is 12.0. The van der Waals surface area contributed by atoms with Crippen LogP contribution in [0, 0.1) is 0 Å². The van der Waals surface area contributed by atoms with E-state index >= 15 is 0 Å². The third-order valence-electron chi connectivity index (χ3n) is 2.19. The number of alkyl halides is 2. The predicted molar refractivity (Wildman–Crippen MR) is 83.8 cm³/mol. The van der Waals surface area contributed by atoms with E-state index in [-0.39, 0.29) is 11.8 Å². The van der Waals surface area contributed by atoms with Gasteiger partial charge in [0.25, 0.3) is 5.76 Å². The molecule has 0 aliphatic heterocycles. The van der Waals surface area contributed by atoms with Crippen LogP contribution in [-0.2, 0) is 10.5 Å². The molecule has 0 amide bonds. The van der Waals surface area contributed by atoms with E-state index in [4.69, 9.17) is 21.4 Å². The van der Waals surface area contributed by atoms with Gasteiger partial charge in [-0.15, -0.1) is 0 Å². The molecule has 1 aromatic rings. The van der Waals surface area contributed by atoms with Crippen LogP contribution in [0.4, 0.5) is 8.78 Å². The van der Waals surface area contributed by atoms with Crippen molar-refractivity contribution in [3.8, 4) is 0 Å². The van der Waals surface area contributed by atoms with Crippen molar-refractivity contribution in [3.05, 3.63) is 23.7 Å². The van der Waals surface area contributed by atoms with Gasteiger partial charge in [0.2, 0.25) is 0 Å². The van der Waals surface area contributed by atoms with E-state index in [9.17, 15) is 8.78 Å². The minimum absolute atomic E-state index is 0.0618. The molecular weight excluding hydrogens is 320 g/mol. The van der Waals surface area contributed by atoms with Gasteiger partial charge in [-0.05, 0) is 31.3 Å².